The molecule has 0 atom stereocenters. The van der Waals surface area contributed by atoms with Gasteiger partial charge in [0.05, 0.1) is 6.26 Å². The van der Waals surface area contributed by atoms with E-state index in [1.807, 2.05) is 0 Å². The van der Waals surface area contributed by atoms with E-state index in [4.69, 9.17) is 0 Å². The van der Waals surface area contributed by atoms with E-state index in [-0.39, 0.29) is 0 Å². The number of carbonyl (C=O) groups excluding carboxylic acids is 1. The first-order valence-electron chi connectivity index (χ1n) is 2.05. The normalized spacial score (nSPS) is 6.12. The highest BCUT2D eigenvalue weighted by atomic mass is 16.5. The summed E-state index contributed by atoms with van der Waals surface area (Å²) in [6.07, 6.45) is 1.05. The van der Waals surface area contributed by atoms with Crippen LogP contribution >= 0.6 is 0 Å². The maximum Gasteiger partial charge on any atom is 0.389 e. The molecule has 0 radical (unpaired) electrons. The Bertz CT molecular complexity index is 148. The van der Waals surface area contributed by atoms with Crippen molar-refractivity contribution in [2.75, 3.05) is 0 Å². The smallest absolute Gasteiger partial charge is 0.389 e. The van der Waals surface area contributed by atoms with Gasteiger partial charge < -0.3 is 4.74 Å². The summed E-state index contributed by atoms with van der Waals surface area (Å²) in [5, 5.41) is 0. The van der Waals surface area contributed by atoms with Crippen molar-refractivity contribution < 1.29 is 9.53 Å². The van der Waals surface area contributed by atoms with Gasteiger partial charge in [-0.3, -0.25) is 0 Å². The quantitative estimate of drug-likeness (QED) is 0.215. The number of carbonyl (C=O) groups is 1. The molecule has 0 spiro atoms. The zero-order valence-corrected chi connectivity index (χ0v) is 4.60. The molecule has 0 aliphatic carbocycles. The van der Waals surface area contributed by atoms with E-state index in [0.717, 1.165) is 6.26 Å². The Morgan fingerprint density at radius 3 is 2.88 bits per heavy atom. The van der Waals surface area contributed by atoms with Crippen LogP contribution in [0, 0.1) is 11.8 Å². The summed E-state index contributed by atoms with van der Waals surface area (Å²) >= 11 is 0. The zero-order valence-electron chi connectivity index (χ0n) is 4.60. The van der Waals surface area contributed by atoms with Crippen molar-refractivity contribution in [3.8, 4) is 11.8 Å². The predicted octanol–water partition coefficient (Wildman–Crippen LogP) is 0.696. The van der Waals surface area contributed by atoms with E-state index in [0.29, 0.717) is 0 Å². The third kappa shape index (κ3) is 2.98. The topological polar surface area (TPSA) is 26.3 Å². The second-order valence-electron chi connectivity index (χ2n) is 0.947. The molecule has 0 aromatic rings. The SMILES string of the molecule is C=COC(=O)C#CC. The Hall–Kier alpha value is -1.23. The van der Waals surface area contributed by atoms with Gasteiger partial charge >= 0.3 is 5.97 Å². The molecule has 0 saturated heterocycles. The van der Waals surface area contributed by atoms with Crippen LogP contribution in [0.3, 0.4) is 0 Å². The molecule has 0 aliphatic rings. The number of hydrogen-bond acceptors (Lipinski definition) is 2. The fourth-order valence-electron chi connectivity index (χ4n) is 0.207. The van der Waals surface area contributed by atoms with Gasteiger partial charge in [-0.25, -0.2) is 4.79 Å². The van der Waals surface area contributed by atoms with Crippen molar-refractivity contribution in [1.82, 2.24) is 0 Å². The highest BCUT2D eigenvalue weighted by Gasteiger charge is 1.87. The van der Waals surface area contributed by atoms with Crippen LogP contribution in [0.5, 0.6) is 0 Å². The highest BCUT2D eigenvalue weighted by Crippen LogP contribution is 1.72. The Morgan fingerprint density at radius 2 is 2.50 bits per heavy atom. The molecule has 0 aromatic carbocycles. The van der Waals surface area contributed by atoms with Gasteiger partial charge in [-0.1, -0.05) is 12.5 Å². The molecule has 0 bridgehead atoms. The fourth-order valence-corrected chi connectivity index (χ4v) is 0.207. The first-order valence-corrected chi connectivity index (χ1v) is 2.05. The second-order valence-corrected chi connectivity index (χ2v) is 0.947. The molecule has 0 heterocycles. The number of ether oxygens (including phenoxy) is 1. The summed E-state index contributed by atoms with van der Waals surface area (Å²) in [7, 11) is 0. The van der Waals surface area contributed by atoms with Crippen LogP contribution in [0.4, 0.5) is 0 Å². The first-order chi connectivity index (χ1) is 3.81. The summed E-state index contributed by atoms with van der Waals surface area (Å²) in [5.74, 6) is 3.98. The van der Waals surface area contributed by atoms with Gasteiger partial charge in [0.25, 0.3) is 0 Å². The van der Waals surface area contributed by atoms with E-state index in [2.05, 4.69) is 23.2 Å². The molecular weight excluding hydrogens is 104 g/mol. The van der Waals surface area contributed by atoms with E-state index < -0.39 is 5.97 Å². The Kier molecular flexibility index (Phi) is 3.34. The van der Waals surface area contributed by atoms with Crippen LogP contribution in [0.2, 0.25) is 0 Å². The minimum Gasteiger partial charge on any atom is -0.426 e. The molecule has 0 N–H and O–H groups in total. The Labute approximate surface area is 48.1 Å². The van der Waals surface area contributed by atoms with Crippen LogP contribution in [0.1, 0.15) is 6.92 Å². The van der Waals surface area contributed by atoms with Crippen molar-refractivity contribution in [3.05, 3.63) is 12.8 Å². The molecule has 42 valence electrons. The standard InChI is InChI=1S/C6H6O2/c1-3-5-6(7)8-4-2/h4H,2H2,1H3. The Morgan fingerprint density at radius 1 is 1.88 bits per heavy atom. The zero-order chi connectivity index (χ0) is 6.41. The van der Waals surface area contributed by atoms with Crippen LogP contribution in [0.15, 0.2) is 12.8 Å². The van der Waals surface area contributed by atoms with Crippen LogP contribution in [0.25, 0.3) is 0 Å². The minimum atomic E-state index is -0.567. The molecule has 0 amide bonds. The largest absolute Gasteiger partial charge is 0.426 e. The molecule has 8 heavy (non-hydrogen) atoms. The number of rotatable bonds is 1. The van der Waals surface area contributed by atoms with Crippen molar-refractivity contribution >= 4 is 5.97 Å². The molecule has 0 aliphatic heterocycles. The molecular formula is C6H6O2. The number of hydrogen-bond donors (Lipinski definition) is 0. The highest BCUT2D eigenvalue weighted by molar-refractivity contribution is 5.88. The lowest BCUT2D eigenvalue weighted by molar-refractivity contribution is -0.131. The minimum absolute atomic E-state index is 0.567. The molecule has 2 heteroatoms. The molecule has 0 rings (SSSR count). The van der Waals surface area contributed by atoms with E-state index in [1.165, 1.54) is 0 Å². The summed E-state index contributed by atoms with van der Waals surface area (Å²) < 4.78 is 4.23. The van der Waals surface area contributed by atoms with E-state index >= 15 is 0 Å². The van der Waals surface area contributed by atoms with Crippen molar-refractivity contribution in [2.45, 2.75) is 6.92 Å². The average molecular weight is 110 g/mol. The molecule has 2 nitrogen and oxygen atoms in total. The van der Waals surface area contributed by atoms with Crippen LogP contribution in [-0.4, -0.2) is 5.97 Å². The Balaban J connectivity index is 3.60. The third-order valence-corrected chi connectivity index (χ3v) is 0.417. The van der Waals surface area contributed by atoms with Gasteiger partial charge in [0.1, 0.15) is 0 Å². The first kappa shape index (κ1) is 6.77. The van der Waals surface area contributed by atoms with Gasteiger partial charge in [0.15, 0.2) is 0 Å². The summed E-state index contributed by atoms with van der Waals surface area (Å²) in [5.41, 5.74) is 0. The lowest BCUT2D eigenvalue weighted by atomic mass is 10.6. The second kappa shape index (κ2) is 3.94. The number of esters is 1. The van der Waals surface area contributed by atoms with Crippen LogP contribution < -0.4 is 0 Å². The molecule has 0 fully saturated rings. The molecule has 0 unspecified atom stereocenters. The van der Waals surface area contributed by atoms with Crippen molar-refractivity contribution in [1.29, 1.82) is 0 Å². The maximum atomic E-state index is 10.2. The lowest BCUT2D eigenvalue weighted by Gasteiger charge is -1.83. The monoisotopic (exact) mass is 110 g/mol. The van der Waals surface area contributed by atoms with Gasteiger partial charge in [-0.15, -0.1) is 0 Å². The van der Waals surface area contributed by atoms with Gasteiger partial charge in [0.2, 0.25) is 0 Å². The molecule has 0 aromatic heterocycles. The van der Waals surface area contributed by atoms with Gasteiger partial charge in [-0.2, -0.15) is 0 Å². The summed E-state index contributed by atoms with van der Waals surface area (Å²) in [6.45, 7) is 4.73. The van der Waals surface area contributed by atoms with E-state index in [9.17, 15) is 4.79 Å². The van der Waals surface area contributed by atoms with Crippen LogP contribution in [-0.2, 0) is 9.53 Å². The predicted molar refractivity (Wildman–Crippen MR) is 29.7 cm³/mol. The van der Waals surface area contributed by atoms with Gasteiger partial charge in [-0.05, 0) is 6.92 Å². The van der Waals surface area contributed by atoms with Crippen molar-refractivity contribution in [2.24, 2.45) is 0 Å². The third-order valence-electron chi connectivity index (χ3n) is 0.417. The van der Waals surface area contributed by atoms with E-state index in [1.54, 1.807) is 6.92 Å². The van der Waals surface area contributed by atoms with Crippen molar-refractivity contribution in [3.63, 3.8) is 0 Å². The molecule has 0 saturated carbocycles. The average Bonchev–Trinajstić information content (AvgIpc) is 1.68. The lowest BCUT2D eigenvalue weighted by Crippen LogP contribution is -1.92. The fraction of sp³-hybridized carbons (Fsp3) is 0.167. The maximum absolute atomic E-state index is 10.2. The van der Waals surface area contributed by atoms with Gasteiger partial charge in [0, 0.05) is 5.92 Å². The summed E-state index contributed by atoms with van der Waals surface area (Å²) in [4.78, 5) is 10.2. The summed E-state index contributed by atoms with van der Waals surface area (Å²) in [6, 6.07) is 0.